The van der Waals surface area contributed by atoms with E-state index in [1.165, 1.54) is 5.15 Å². The molecular weight excluding hydrogens is 240 g/mol. The summed E-state index contributed by atoms with van der Waals surface area (Å²) in [5.74, 6) is 0. The van der Waals surface area contributed by atoms with Gasteiger partial charge in [-0.05, 0) is 9.05 Å². The normalized spacial score (nSPS) is 4.50. The van der Waals surface area contributed by atoms with E-state index >= 15 is 0 Å². The van der Waals surface area contributed by atoms with Crippen molar-refractivity contribution >= 4 is 0 Å². The van der Waals surface area contributed by atoms with Crippen molar-refractivity contribution < 1.29 is 34.6 Å². The molecule has 4 heteroatoms. The van der Waals surface area contributed by atoms with E-state index in [0.29, 0.717) is 0 Å². The third-order valence-electron chi connectivity index (χ3n) is 0. The monoisotopic (exact) mass is 241 g/mol. The number of rotatable bonds is 0. The Morgan fingerprint density at radius 1 is 1.25 bits per heavy atom. The SMILES string of the molecule is FOF.[Re]. The fraction of sp³-hybridized carbons (Fsp3) is 0. The zero-order valence-corrected chi connectivity index (χ0v) is 4.26. The van der Waals surface area contributed by atoms with Crippen molar-refractivity contribution in [2.75, 3.05) is 0 Å². The maximum absolute atomic E-state index is 9.12. The smallest absolute Gasteiger partial charge is 0.0104 e. The van der Waals surface area contributed by atoms with Gasteiger partial charge in [-0.15, -0.1) is 0 Å². The zero-order chi connectivity index (χ0) is 2.71. The summed E-state index contributed by atoms with van der Waals surface area (Å²) in [5, 5.41) is 1.25. The van der Waals surface area contributed by atoms with Gasteiger partial charge in [-0.25, -0.2) is 0 Å². The topological polar surface area (TPSA) is 9.23 Å². The number of hydrogen-bond donors (Lipinski definition) is 0. The van der Waals surface area contributed by atoms with Crippen LogP contribution in [0, 0.1) is 0 Å². The zero-order valence-electron chi connectivity index (χ0n) is 1.54. The van der Waals surface area contributed by atoms with Crippen molar-refractivity contribution in [2.45, 2.75) is 0 Å². The van der Waals surface area contributed by atoms with Gasteiger partial charge in [0.1, 0.15) is 0 Å². The second kappa shape index (κ2) is 9.77. The molecule has 0 aliphatic rings. The van der Waals surface area contributed by atoms with Gasteiger partial charge in [0.05, 0.1) is 0 Å². The molecule has 1 radical (unpaired) electrons. The van der Waals surface area contributed by atoms with Gasteiger partial charge >= 0.3 is 0 Å². The fourth-order valence-electron chi connectivity index (χ4n) is 0. The van der Waals surface area contributed by atoms with Crippen LogP contribution < -0.4 is 0 Å². The second-order valence-electron chi connectivity index (χ2n) is 0.0583. The summed E-state index contributed by atoms with van der Waals surface area (Å²) in [7, 11) is 0. The van der Waals surface area contributed by atoms with Crippen LogP contribution in [0.4, 0.5) is 9.05 Å². The molecule has 0 aromatic carbocycles. The van der Waals surface area contributed by atoms with Crippen LogP contribution in [0.1, 0.15) is 0 Å². The van der Waals surface area contributed by atoms with Gasteiger partial charge < -0.3 is 0 Å². The van der Waals surface area contributed by atoms with E-state index in [9.17, 15) is 0 Å². The maximum atomic E-state index is 9.12. The molecule has 0 aliphatic heterocycles. The minimum atomic E-state index is 0. The molecule has 4 heavy (non-hydrogen) atoms. The molecule has 1 nitrogen and oxygen atoms in total. The van der Waals surface area contributed by atoms with E-state index in [1.54, 1.807) is 0 Å². The molecule has 0 atom stereocenters. The van der Waals surface area contributed by atoms with Crippen molar-refractivity contribution in [3.8, 4) is 0 Å². The Kier molecular flexibility index (Phi) is 21.5. The fourth-order valence-corrected chi connectivity index (χ4v) is 0. The van der Waals surface area contributed by atoms with Gasteiger partial charge in [-0.1, -0.05) is 0 Å². The second-order valence-corrected chi connectivity index (χ2v) is 0.0583. The van der Waals surface area contributed by atoms with Crippen LogP contribution >= 0.6 is 0 Å². The summed E-state index contributed by atoms with van der Waals surface area (Å²) in [6.07, 6.45) is 0. The first-order valence-electron chi connectivity index (χ1n) is 0.309. The number of halogens is 2. The van der Waals surface area contributed by atoms with E-state index in [4.69, 9.17) is 9.05 Å². The molecule has 0 unspecified atom stereocenters. The molecular formula is F2ORe. The third-order valence-corrected chi connectivity index (χ3v) is 0. The quantitative estimate of drug-likeness (QED) is 0.607. The first kappa shape index (κ1) is 8.82. The summed E-state index contributed by atoms with van der Waals surface area (Å²) in [6.45, 7) is 0. The van der Waals surface area contributed by atoms with E-state index in [0.717, 1.165) is 0 Å². The van der Waals surface area contributed by atoms with Crippen LogP contribution in [0.2, 0.25) is 0 Å². The molecule has 0 aromatic rings. The van der Waals surface area contributed by atoms with Gasteiger partial charge in [0.25, 0.3) is 0 Å². The molecule has 0 aliphatic carbocycles. The number of hydrogen-bond acceptors (Lipinski definition) is 1. The van der Waals surface area contributed by atoms with Crippen LogP contribution in [-0.4, -0.2) is 0 Å². The molecule has 0 fully saturated rings. The molecule has 0 aromatic heterocycles. The molecule has 0 saturated carbocycles. The van der Waals surface area contributed by atoms with Crippen molar-refractivity contribution in [2.24, 2.45) is 0 Å². The standard InChI is InChI=1S/F2O.Re/c1-3-2;. The van der Waals surface area contributed by atoms with E-state index in [1.807, 2.05) is 0 Å². The molecule has 0 amide bonds. The predicted octanol–water partition coefficient (Wildman–Crippen LogP) is 0.770. The van der Waals surface area contributed by atoms with Crippen molar-refractivity contribution in [1.82, 2.24) is 0 Å². The average molecular weight is 240 g/mol. The minimum Gasteiger partial charge on any atom is -0.0104 e. The first-order chi connectivity index (χ1) is 1.41. The van der Waals surface area contributed by atoms with Gasteiger partial charge in [-0.3, -0.25) is 0 Å². The van der Waals surface area contributed by atoms with Crippen LogP contribution in [0.25, 0.3) is 0 Å². The summed E-state index contributed by atoms with van der Waals surface area (Å²) in [4.78, 5) is 0. The van der Waals surface area contributed by atoms with Crippen LogP contribution in [0.5, 0.6) is 0 Å². The Labute approximate surface area is 35.4 Å². The molecule has 27 valence electrons. The van der Waals surface area contributed by atoms with E-state index < -0.39 is 0 Å². The average Bonchev–Trinajstić information content (AvgIpc) is 0.918. The summed E-state index contributed by atoms with van der Waals surface area (Å²) >= 11 is 0. The van der Waals surface area contributed by atoms with E-state index in [-0.39, 0.29) is 20.4 Å². The van der Waals surface area contributed by atoms with Gasteiger partial charge in [0.15, 0.2) is 0 Å². The largest absolute Gasteiger partial charge is 0.0209 e. The Morgan fingerprint density at radius 3 is 1.25 bits per heavy atom. The molecule has 0 spiro atoms. The predicted molar refractivity (Wildman–Crippen MR) is 3.30 cm³/mol. The van der Waals surface area contributed by atoms with Crippen molar-refractivity contribution in [3.05, 3.63) is 0 Å². The van der Waals surface area contributed by atoms with Crippen LogP contribution in [-0.2, 0) is 25.6 Å². The molecule has 0 rings (SSSR count). The van der Waals surface area contributed by atoms with E-state index in [2.05, 4.69) is 0 Å². The Morgan fingerprint density at radius 2 is 1.25 bits per heavy atom. The molecule has 0 N–H and O–H groups in total. The van der Waals surface area contributed by atoms with Crippen molar-refractivity contribution in [1.29, 1.82) is 0 Å². The van der Waals surface area contributed by atoms with Crippen LogP contribution in [0.3, 0.4) is 0 Å². The van der Waals surface area contributed by atoms with Gasteiger partial charge in [0.2, 0.25) is 0 Å². The molecule has 0 saturated heterocycles. The third kappa shape index (κ3) is 23.4. The Balaban J connectivity index is 0. The Bertz CT molecular complexity index is 6.00. The summed E-state index contributed by atoms with van der Waals surface area (Å²) in [6, 6.07) is 0. The Hall–Kier alpha value is 0.482. The first-order valence-corrected chi connectivity index (χ1v) is 0.309. The van der Waals surface area contributed by atoms with Crippen LogP contribution in [0.15, 0.2) is 0 Å². The van der Waals surface area contributed by atoms with Crippen molar-refractivity contribution in [3.63, 3.8) is 0 Å². The molecule has 0 bridgehead atoms. The van der Waals surface area contributed by atoms with Gasteiger partial charge in [-0.2, -0.15) is 0 Å². The van der Waals surface area contributed by atoms with Gasteiger partial charge in [0, 0.05) is 25.6 Å². The maximum Gasteiger partial charge on any atom is 0.0209 e. The summed E-state index contributed by atoms with van der Waals surface area (Å²) in [5.41, 5.74) is 0. The molecule has 0 heterocycles. The minimum absolute atomic E-state index is 0. The summed E-state index contributed by atoms with van der Waals surface area (Å²) < 4.78 is 18.2.